The Bertz CT molecular complexity index is 1420. The number of thiocarbonyl (C=S) groups is 1. The lowest BCUT2D eigenvalue weighted by Gasteiger charge is -2.28. The van der Waals surface area contributed by atoms with E-state index in [0.29, 0.717) is 15.8 Å². The number of phenols is 1. The molecule has 1 aliphatic rings. The second-order valence-corrected chi connectivity index (χ2v) is 10.0. The average Bonchev–Trinajstić information content (AvgIpc) is 3.36. The van der Waals surface area contributed by atoms with E-state index in [2.05, 4.69) is 57.4 Å². The van der Waals surface area contributed by atoms with Gasteiger partial charge in [-0.15, -0.1) is 0 Å². The molecule has 184 valence electrons. The normalized spacial score (nSPS) is 17.4. The van der Waals surface area contributed by atoms with Crippen molar-refractivity contribution in [1.82, 2.24) is 14.9 Å². The molecule has 1 fully saturated rings. The first kappa shape index (κ1) is 24.2. The number of aromatic nitrogens is 2. The van der Waals surface area contributed by atoms with Gasteiger partial charge in [0.1, 0.15) is 5.75 Å². The molecule has 2 N–H and O–H groups in total. The Balaban J connectivity index is 1.67. The highest BCUT2D eigenvalue weighted by molar-refractivity contribution is 7.80. The molecule has 0 aliphatic carbocycles. The summed E-state index contributed by atoms with van der Waals surface area (Å²) in [6.07, 6.45) is 1.80. The predicted molar refractivity (Wildman–Crippen MR) is 151 cm³/mol. The molecule has 2 aromatic heterocycles. The fourth-order valence-corrected chi connectivity index (χ4v) is 5.51. The first-order chi connectivity index (χ1) is 17.3. The summed E-state index contributed by atoms with van der Waals surface area (Å²) in [4.78, 5) is 8.90. The molecule has 0 bridgehead atoms. The van der Waals surface area contributed by atoms with E-state index in [-0.39, 0.29) is 17.8 Å². The third kappa shape index (κ3) is 4.18. The van der Waals surface area contributed by atoms with Crippen LogP contribution in [0.15, 0.2) is 72.9 Å². The van der Waals surface area contributed by atoms with Gasteiger partial charge in [-0.2, -0.15) is 0 Å². The number of pyridine rings is 1. The Morgan fingerprint density at radius 1 is 1.03 bits per heavy atom. The average molecular weight is 518 g/mol. The Kier molecular flexibility index (Phi) is 6.36. The molecule has 0 unspecified atom stereocenters. The van der Waals surface area contributed by atoms with E-state index in [9.17, 15) is 5.11 Å². The highest BCUT2D eigenvalue weighted by Crippen LogP contribution is 2.44. The van der Waals surface area contributed by atoms with Crippen molar-refractivity contribution in [2.24, 2.45) is 0 Å². The van der Waals surface area contributed by atoms with E-state index in [1.165, 1.54) is 0 Å². The number of nitrogens with zero attached hydrogens (tertiary/aromatic N) is 4. The van der Waals surface area contributed by atoms with Crippen LogP contribution in [0.3, 0.4) is 0 Å². The van der Waals surface area contributed by atoms with Crippen LogP contribution in [0.5, 0.6) is 5.75 Å². The molecular formula is C28H28ClN5OS. The summed E-state index contributed by atoms with van der Waals surface area (Å²) in [5.41, 5.74) is 6.74. The monoisotopic (exact) mass is 517 g/mol. The molecule has 0 spiro atoms. The molecule has 0 amide bonds. The van der Waals surface area contributed by atoms with Crippen molar-refractivity contribution in [3.8, 4) is 11.4 Å². The number of anilines is 2. The predicted octanol–water partition coefficient (Wildman–Crippen LogP) is 6.09. The van der Waals surface area contributed by atoms with Crippen molar-refractivity contribution < 1.29 is 5.11 Å². The lowest BCUT2D eigenvalue weighted by molar-refractivity contribution is 0.471. The van der Waals surface area contributed by atoms with Crippen molar-refractivity contribution in [2.75, 3.05) is 23.9 Å². The van der Waals surface area contributed by atoms with Crippen molar-refractivity contribution in [2.45, 2.75) is 25.9 Å². The summed E-state index contributed by atoms with van der Waals surface area (Å²) in [7, 11) is 4.05. The highest BCUT2D eigenvalue weighted by Gasteiger charge is 2.42. The lowest BCUT2D eigenvalue weighted by Crippen LogP contribution is -2.29. The van der Waals surface area contributed by atoms with Gasteiger partial charge in [-0.3, -0.25) is 4.98 Å². The number of aromatic hydroxyl groups is 1. The van der Waals surface area contributed by atoms with Crippen molar-refractivity contribution in [3.05, 3.63) is 101 Å². The zero-order valence-corrected chi connectivity index (χ0v) is 22.2. The molecule has 4 aromatic rings. The minimum atomic E-state index is -0.158. The van der Waals surface area contributed by atoms with Gasteiger partial charge >= 0.3 is 0 Å². The quantitative estimate of drug-likeness (QED) is 0.312. The third-order valence-electron chi connectivity index (χ3n) is 6.71. The Morgan fingerprint density at radius 2 is 1.78 bits per heavy atom. The zero-order valence-electron chi connectivity index (χ0n) is 20.6. The van der Waals surface area contributed by atoms with E-state index in [4.69, 9.17) is 23.8 Å². The van der Waals surface area contributed by atoms with Crippen LogP contribution < -0.4 is 15.1 Å². The topological polar surface area (TPSA) is 56.6 Å². The number of halogens is 1. The largest absolute Gasteiger partial charge is 0.506 e. The summed E-state index contributed by atoms with van der Waals surface area (Å²) < 4.78 is 2.04. The molecular weight excluding hydrogens is 490 g/mol. The van der Waals surface area contributed by atoms with Crippen LogP contribution in [0.2, 0.25) is 5.02 Å². The molecule has 8 heteroatoms. The summed E-state index contributed by atoms with van der Waals surface area (Å²) >= 11 is 12.2. The number of hydrogen-bond donors (Lipinski definition) is 2. The zero-order chi connectivity index (χ0) is 25.6. The van der Waals surface area contributed by atoms with E-state index < -0.39 is 0 Å². The van der Waals surface area contributed by atoms with Crippen LogP contribution in [0, 0.1) is 13.8 Å². The van der Waals surface area contributed by atoms with Crippen molar-refractivity contribution in [1.29, 1.82) is 0 Å². The molecule has 2 aromatic carbocycles. The molecule has 0 saturated carbocycles. The fourth-order valence-electron chi connectivity index (χ4n) is 4.99. The third-order valence-corrected chi connectivity index (χ3v) is 7.26. The van der Waals surface area contributed by atoms with Crippen LogP contribution in [-0.2, 0) is 0 Å². The van der Waals surface area contributed by atoms with Crippen molar-refractivity contribution >= 4 is 40.3 Å². The van der Waals surface area contributed by atoms with Gasteiger partial charge in [0.25, 0.3) is 0 Å². The maximum atomic E-state index is 10.6. The second-order valence-electron chi connectivity index (χ2n) is 9.20. The fraction of sp³-hybridized carbons (Fsp3) is 0.214. The number of nitrogens with one attached hydrogen (secondary N) is 1. The summed E-state index contributed by atoms with van der Waals surface area (Å²) in [5.74, 6) is 0.172. The van der Waals surface area contributed by atoms with Gasteiger partial charge in [-0.05, 0) is 92.3 Å². The van der Waals surface area contributed by atoms with Gasteiger partial charge in [-0.25, -0.2) is 0 Å². The standard InChI is InChI=1S/C28H28ClN5OS/c1-17-15-22(18(2)33(17)24-16-19(29)8-13-25(24)35)27-26(23-7-5-6-14-30-23)31-28(36)34(27)21-11-9-20(10-12-21)32(3)4/h5-16,26-27,35H,1-4H3,(H,31,36)/t26-,27-/m1/s1. The second kappa shape index (κ2) is 9.48. The van der Waals surface area contributed by atoms with E-state index in [1.54, 1.807) is 24.4 Å². The maximum Gasteiger partial charge on any atom is 0.174 e. The molecule has 6 nitrogen and oxygen atoms in total. The Labute approximate surface area is 221 Å². The molecule has 1 saturated heterocycles. The molecule has 2 atom stereocenters. The SMILES string of the molecule is Cc1cc([C@@H]2[C@@H](c3ccccn3)NC(=S)N2c2ccc(N(C)C)cc2)c(C)n1-c1cc(Cl)ccc1O. The lowest BCUT2D eigenvalue weighted by atomic mass is 9.96. The number of aryl methyl sites for hydroxylation is 1. The Hall–Kier alpha value is -3.55. The number of hydrogen-bond acceptors (Lipinski definition) is 4. The van der Waals surface area contributed by atoms with Crippen molar-refractivity contribution in [3.63, 3.8) is 0 Å². The summed E-state index contributed by atoms with van der Waals surface area (Å²) in [5, 5.41) is 15.4. The summed E-state index contributed by atoms with van der Waals surface area (Å²) in [6, 6.07) is 21.2. The van der Waals surface area contributed by atoms with Crippen LogP contribution in [-0.4, -0.2) is 33.9 Å². The molecule has 1 aliphatic heterocycles. The number of phenolic OH excluding ortho intramolecular Hbond substituents is 1. The first-order valence-electron chi connectivity index (χ1n) is 11.7. The van der Waals surface area contributed by atoms with Gasteiger partial charge in [0.05, 0.1) is 23.5 Å². The molecule has 5 rings (SSSR count). The number of rotatable bonds is 5. The Morgan fingerprint density at radius 3 is 2.44 bits per heavy atom. The smallest absolute Gasteiger partial charge is 0.174 e. The molecule has 3 heterocycles. The first-order valence-corrected chi connectivity index (χ1v) is 12.5. The van der Waals surface area contributed by atoms with Crippen LogP contribution >= 0.6 is 23.8 Å². The molecule has 36 heavy (non-hydrogen) atoms. The van der Waals surface area contributed by atoms with Gasteiger partial charge in [0, 0.05) is 48.1 Å². The van der Waals surface area contributed by atoms with E-state index >= 15 is 0 Å². The summed E-state index contributed by atoms with van der Waals surface area (Å²) in [6.45, 7) is 4.09. The number of benzene rings is 2. The van der Waals surface area contributed by atoms with Crippen LogP contribution in [0.1, 0.15) is 34.7 Å². The minimum absolute atomic E-state index is 0.154. The highest BCUT2D eigenvalue weighted by atomic mass is 35.5. The van der Waals surface area contributed by atoms with Gasteiger partial charge in [-0.1, -0.05) is 17.7 Å². The van der Waals surface area contributed by atoms with Gasteiger partial charge < -0.3 is 24.8 Å². The van der Waals surface area contributed by atoms with E-state index in [0.717, 1.165) is 34.0 Å². The van der Waals surface area contributed by atoms with Crippen LogP contribution in [0.25, 0.3) is 5.69 Å². The maximum absolute atomic E-state index is 10.6. The van der Waals surface area contributed by atoms with Crippen LogP contribution in [0.4, 0.5) is 11.4 Å². The minimum Gasteiger partial charge on any atom is -0.506 e. The van der Waals surface area contributed by atoms with Gasteiger partial charge in [0.15, 0.2) is 5.11 Å². The van der Waals surface area contributed by atoms with Gasteiger partial charge in [0.2, 0.25) is 0 Å². The molecule has 0 radical (unpaired) electrons. The van der Waals surface area contributed by atoms with E-state index in [1.807, 2.05) is 43.8 Å².